The van der Waals surface area contributed by atoms with Crippen LogP contribution in [0.1, 0.15) is 59.6 Å². The Kier molecular flexibility index (Phi) is 7.02. The Hall–Kier alpha value is -0.950. The van der Waals surface area contributed by atoms with Crippen LogP contribution in [0.5, 0.6) is 0 Å². The van der Waals surface area contributed by atoms with Gasteiger partial charge in [0.1, 0.15) is 11.6 Å². The van der Waals surface area contributed by atoms with Gasteiger partial charge in [-0.1, -0.05) is 0 Å². The number of nitrogens with two attached hydrogens (primary N) is 1. The molecule has 8 heteroatoms. The van der Waals surface area contributed by atoms with Gasteiger partial charge in [-0.3, -0.25) is 0 Å². The lowest BCUT2D eigenvalue weighted by Crippen LogP contribution is -2.35. The molecule has 0 bridgehead atoms. The van der Waals surface area contributed by atoms with Crippen LogP contribution >= 0.6 is 36.2 Å². The van der Waals surface area contributed by atoms with E-state index in [9.17, 15) is 0 Å². The van der Waals surface area contributed by atoms with E-state index in [1.807, 2.05) is 5.51 Å². The normalized spacial score (nSPS) is 21.7. The molecule has 0 atom stereocenters. The van der Waals surface area contributed by atoms with Crippen molar-refractivity contribution in [1.82, 2.24) is 15.0 Å². The molecule has 2 aliphatic carbocycles. The zero-order valence-electron chi connectivity index (χ0n) is 14.3. The first-order chi connectivity index (χ1) is 11.2. The molecule has 138 valence electrons. The number of halogens is 2. The molecule has 3 N–H and O–H groups in total. The van der Waals surface area contributed by atoms with E-state index >= 15 is 0 Å². The fraction of sp³-hybridized carbons (Fsp3) is 0.588. The number of hydrogen-bond acceptors (Lipinski definition) is 6. The van der Waals surface area contributed by atoms with E-state index in [1.54, 1.807) is 11.3 Å². The minimum atomic E-state index is 0. The molecular formula is C17H25Cl2N5S. The smallest absolute Gasteiger partial charge is 0.134 e. The minimum Gasteiger partial charge on any atom is -0.370 e. The van der Waals surface area contributed by atoms with Crippen molar-refractivity contribution < 1.29 is 0 Å². The second-order valence-corrected chi connectivity index (χ2v) is 7.72. The molecule has 0 saturated heterocycles. The molecule has 2 saturated carbocycles. The first-order valence-electron chi connectivity index (χ1n) is 8.46. The van der Waals surface area contributed by atoms with Gasteiger partial charge in [0, 0.05) is 47.5 Å². The summed E-state index contributed by atoms with van der Waals surface area (Å²) >= 11 is 1.73. The van der Waals surface area contributed by atoms with Crippen molar-refractivity contribution in [2.24, 2.45) is 5.73 Å². The van der Waals surface area contributed by atoms with Crippen molar-refractivity contribution in [3.05, 3.63) is 33.7 Å². The summed E-state index contributed by atoms with van der Waals surface area (Å²) in [7, 11) is 0. The standard InChI is InChI=1S/C17H23N5S.2ClH/c1-10-15(23-9-20-10)4-5-19-16-8-14(12-6-13(18)7-12)21-17(22-16)11-2-3-11;;/h8-9,11-13H,2-7,18H2,1H3,(H,19,21,22);2*1H. The highest BCUT2D eigenvalue weighted by molar-refractivity contribution is 7.09. The molecule has 25 heavy (non-hydrogen) atoms. The molecule has 0 unspecified atom stereocenters. The predicted octanol–water partition coefficient (Wildman–Crippen LogP) is 3.82. The molecule has 5 nitrogen and oxygen atoms in total. The highest BCUT2D eigenvalue weighted by atomic mass is 35.5. The molecule has 0 radical (unpaired) electrons. The summed E-state index contributed by atoms with van der Waals surface area (Å²) in [5, 5.41) is 3.48. The molecule has 0 aromatic carbocycles. The van der Waals surface area contributed by atoms with Gasteiger partial charge in [-0.25, -0.2) is 15.0 Å². The lowest BCUT2D eigenvalue weighted by Gasteiger charge is -2.32. The first-order valence-corrected chi connectivity index (χ1v) is 9.34. The number of rotatable bonds is 6. The van der Waals surface area contributed by atoms with Crippen LogP contribution in [0.3, 0.4) is 0 Å². The van der Waals surface area contributed by atoms with Crippen molar-refractivity contribution >= 4 is 42.0 Å². The number of aryl methyl sites for hydroxylation is 1. The van der Waals surface area contributed by atoms with Gasteiger partial charge in [-0.2, -0.15) is 0 Å². The van der Waals surface area contributed by atoms with Gasteiger partial charge in [0.15, 0.2) is 0 Å². The van der Waals surface area contributed by atoms with E-state index < -0.39 is 0 Å². The molecule has 2 heterocycles. The van der Waals surface area contributed by atoms with Crippen molar-refractivity contribution in [1.29, 1.82) is 0 Å². The topological polar surface area (TPSA) is 76.7 Å². The Bertz CT molecular complexity index is 698. The lowest BCUT2D eigenvalue weighted by atomic mass is 9.78. The van der Waals surface area contributed by atoms with Gasteiger partial charge in [-0.15, -0.1) is 36.2 Å². The summed E-state index contributed by atoms with van der Waals surface area (Å²) < 4.78 is 0. The van der Waals surface area contributed by atoms with Gasteiger partial charge in [0.2, 0.25) is 0 Å². The van der Waals surface area contributed by atoms with Crippen molar-refractivity contribution in [3.8, 4) is 0 Å². The van der Waals surface area contributed by atoms with Crippen LogP contribution in [0.4, 0.5) is 5.82 Å². The first kappa shape index (κ1) is 20.4. The quantitative estimate of drug-likeness (QED) is 0.768. The second kappa shape index (κ2) is 8.62. The molecule has 0 amide bonds. The number of nitrogens with one attached hydrogen (secondary N) is 1. The van der Waals surface area contributed by atoms with Gasteiger partial charge < -0.3 is 11.1 Å². The summed E-state index contributed by atoms with van der Waals surface area (Å²) in [6.45, 7) is 2.95. The zero-order valence-corrected chi connectivity index (χ0v) is 16.7. The average Bonchev–Trinajstić information content (AvgIpc) is 3.28. The predicted molar refractivity (Wildman–Crippen MR) is 107 cm³/mol. The number of thiazole rings is 1. The monoisotopic (exact) mass is 401 g/mol. The third-order valence-electron chi connectivity index (χ3n) is 4.80. The van der Waals surface area contributed by atoms with Gasteiger partial charge in [0.25, 0.3) is 0 Å². The van der Waals surface area contributed by atoms with Gasteiger partial charge in [-0.05, 0) is 32.6 Å². The molecule has 0 aliphatic heterocycles. The van der Waals surface area contributed by atoms with Crippen LogP contribution in [-0.2, 0) is 6.42 Å². The van der Waals surface area contributed by atoms with Crippen LogP contribution in [-0.4, -0.2) is 27.5 Å². The maximum absolute atomic E-state index is 5.94. The Morgan fingerprint density at radius 1 is 1.20 bits per heavy atom. The van der Waals surface area contributed by atoms with Gasteiger partial charge >= 0.3 is 0 Å². The third-order valence-corrected chi connectivity index (χ3v) is 5.80. The third kappa shape index (κ3) is 4.82. The molecular weight excluding hydrogens is 377 g/mol. The summed E-state index contributed by atoms with van der Waals surface area (Å²) in [4.78, 5) is 15.2. The van der Waals surface area contributed by atoms with Crippen LogP contribution in [0.2, 0.25) is 0 Å². The molecule has 2 fully saturated rings. The summed E-state index contributed by atoms with van der Waals surface area (Å²) in [6, 6.07) is 2.48. The highest BCUT2D eigenvalue weighted by Gasteiger charge is 2.32. The molecule has 2 aliphatic rings. The lowest BCUT2D eigenvalue weighted by molar-refractivity contribution is 0.344. The summed E-state index contributed by atoms with van der Waals surface area (Å²) in [5.74, 6) is 3.10. The number of nitrogens with zero attached hydrogens (tertiary/aromatic N) is 3. The zero-order chi connectivity index (χ0) is 15.8. The second-order valence-electron chi connectivity index (χ2n) is 6.78. The van der Waals surface area contributed by atoms with E-state index in [2.05, 4.69) is 23.3 Å². The number of hydrogen-bond donors (Lipinski definition) is 2. The highest BCUT2D eigenvalue weighted by Crippen LogP contribution is 2.41. The van der Waals surface area contributed by atoms with Crippen molar-refractivity contribution in [2.45, 2.75) is 56.9 Å². The van der Waals surface area contributed by atoms with Crippen molar-refractivity contribution in [2.75, 3.05) is 11.9 Å². The van der Waals surface area contributed by atoms with E-state index in [-0.39, 0.29) is 24.8 Å². The average molecular weight is 402 g/mol. The Morgan fingerprint density at radius 3 is 2.56 bits per heavy atom. The van der Waals surface area contributed by atoms with Crippen LogP contribution in [0, 0.1) is 6.92 Å². The summed E-state index contributed by atoms with van der Waals surface area (Å²) in [5.41, 5.74) is 10.2. The fourth-order valence-electron chi connectivity index (χ4n) is 3.08. The number of aromatic nitrogens is 3. The Balaban J connectivity index is 0.00000113. The molecule has 2 aromatic heterocycles. The van der Waals surface area contributed by atoms with Gasteiger partial charge in [0.05, 0.1) is 11.2 Å². The fourth-order valence-corrected chi connectivity index (χ4v) is 3.86. The Morgan fingerprint density at radius 2 is 1.96 bits per heavy atom. The maximum Gasteiger partial charge on any atom is 0.134 e. The Labute approximate surface area is 165 Å². The van der Waals surface area contributed by atoms with Crippen LogP contribution in [0.15, 0.2) is 11.6 Å². The SMILES string of the molecule is Cc1ncsc1CCNc1cc(C2CC(N)C2)nc(C2CC2)n1.Cl.Cl. The van der Waals surface area contributed by atoms with E-state index in [4.69, 9.17) is 15.7 Å². The number of anilines is 1. The van der Waals surface area contributed by atoms with Crippen LogP contribution < -0.4 is 11.1 Å². The molecule has 2 aromatic rings. The van der Waals surface area contributed by atoms with E-state index in [1.165, 1.54) is 23.4 Å². The van der Waals surface area contributed by atoms with Crippen LogP contribution in [0.25, 0.3) is 0 Å². The largest absolute Gasteiger partial charge is 0.370 e. The molecule has 0 spiro atoms. The molecule has 4 rings (SSSR count). The summed E-state index contributed by atoms with van der Waals surface area (Å²) in [6.07, 6.45) is 5.56. The van der Waals surface area contributed by atoms with E-state index in [0.29, 0.717) is 17.9 Å². The minimum absolute atomic E-state index is 0. The van der Waals surface area contributed by atoms with Crippen molar-refractivity contribution in [3.63, 3.8) is 0 Å². The maximum atomic E-state index is 5.94. The van der Waals surface area contributed by atoms with E-state index in [0.717, 1.165) is 43.1 Å².